The third-order valence-corrected chi connectivity index (χ3v) is 4.13. The lowest BCUT2D eigenvalue weighted by molar-refractivity contribution is 0.624. The van der Waals surface area contributed by atoms with Crippen LogP contribution < -0.4 is 5.73 Å². The van der Waals surface area contributed by atoms with E-state index in [0.717, 1.165) is 22.1 Å². The first-order valence-electron chi connectivity index (χ1n) is 6.48. The van der Waals surface area contributed by atoms with Crippen LogP contribution in [0.3, 0.4) is 0 Å². The zero-order valence-corrected chi connectivity index (χ0v) is 13.0. The molecule has 0 fully saturated rings. The van der Waals surface area contributed by atoms with Gasteiger partial charge in [-0.1, -0.05) is 41.6 Å². The lowest BCUT2D eigenvalue weighted by atomic mass is 10.1. The molecule has 0 saturated carbocycles. The summed E-state index contributed by atoms with van der Waals surface area (Å²) >= 11 is 7.62. The number of halogens is 2. The first-order valence-corrected chi connectivity index (χ1v) is 8.02. The minimum Gasteiger partial charge on any atom is -0.320 e. The summed E-state index contributed by atoms with van der Waals surface area (Å²) in [6.07, 6.45) is 0. The Morgan fingerprint density at radius 2 is 1.71 bits per heavy atom. The molecule has 0 atom stereocenters. The standard InChI is InChI=1S/C17H15ClFNS/c18-16-6-3-13(4-7-16)11-21-12-14-5-8-17(19)15(10-14)2-1-9-20/h3-8,10H,9,11-12,20H2. The molecule has 0 amide bonds. The zero-order chi connectivity index (χ0) is 15.1. The molecule has 0 aliphatic rings. The predicted octanol–water partition coefficient (Wildman–Crippen LogP) is 4.22. The molecular weight excluding hydrogens is 305 g/mol. The molecule has 2 rings (SSSR count). The fourth-order valence-corrected chi connectivity index (χ4v) is 2.84. The van der Waals surface area contributed by atoms with Crippen molar-refractivity contribution >= 4 is 23.4 Å². The Bertz CT molecular complexity index is 659. The van der Waals surface area contributed by atoms with Crippen molar-refractivity contribution in [3.63, 3.8) is 0 Å². The maximum absolute atomic E-state index is 13.6. The van der Waals surface area contributed by atoms with Crippen molar-refractivity contribution in [2.45, 2.75) is 11.5 Å². The Balaban J connectivity index is 1.95. The van der Waals surface area contributed by atoms with Crippen molar-refractivity contribution in [2.24, 2.45) is 5.73 Å². The highest BCUT2D eigenvalue weighted by Gasteiger charge is 2.02. The molecule has 0 saturated heterocycles. The van der Waals surface area contributed by atoms with Gasteiger partial charge in [-0.25, -0.2) is 4.39 Å². The number of nitrogens with two attached hydrogens (primary N) is 1. The Morgan fingerprint density at radius 1 is 1.05 bits per heavy atom. The van der Waals surface area contributed by atoms with Crippen molar-refractivity contribution in [1.29, 1.82) is 0 Å². The quantitative estimate of drug-likeness (QED) is 0.854. The highest BCUT2D eigenvalue weighted by molar-refractivity contribution is 7.97. The normalized spacial score (nSPS) is 10.0. The van der Waals surface area contributed by atoms with Gasteiger partial charge in [0, 0.05) is 16.5 Å². The van der Waals surface area contributed by atoms with E-state index in [4.69, 9.17) is 17.3 Å². The topological polar surface area (TPSA) is 26.0 Å². The van der Waals surface area contributed by atoms with Crippen molar-refractivity contribution in [1.82, 2.24) is 0 Å². The van der Waals surface area contributed by atoms with E-state index in [-0.39, 0.29) is 12.4 Å². The summed E-state index contributed by atoms with van der Waals surface area (Å²) in [6.45, 7) is 0.231. The van der Waals surface area contributed by atoms with E-state index in [9.17, 15) is 4.39 Å². The molecule has 0 unspecified atom stereocenters. The lowest BCUT2D eigenvalue weighted by Crippen LogP contribution is -1.94. The minimum atomic E-state index is -0.303. The second-order valence-electron chi connectivity index (χ2n) is 4.44. The van der Waals surface area contributed by atoms with Crippen LogP contribution in [0.15, 0.2) is 42.5 Å². The van der Waals surface area contributed by atoms with Gasteiger partial charge in [0.05, 0.1) is 12.1 Å². The number of thioether (sulfide) groups is 1. The Labute approximate surface area is 133 Å². The summed E-state index contributed by atoms with van der Waals surface area (Å²) < 4.78 is 13.6. The molecule has 2 aromatic rings. The molecule has 0 bridgehead atoms. The summed E-state index contributed by atoms with van der Waals surface area (Å²) in [5.74, 6) is 6.82. The largest absolute Gasteiger partial charge is 0.320 e. The van der Waals surface area contributed by atoms with Crippen LogP contribution in [0, 0.1) is 17.7 Å². The van der Waals surface area contributed by atoms with E-state index in [0.29, 0.717) is 5.56 Å². The molecule has 2 aromatic carbocycles. The van der Waals surface area contributed by atoms with Gasteiger partial charge < -0.3 is 5.73 Å². The van der Waals surface area contributed by atoms with Crippen LogP contribution >= 0.6 is 23.4 Å². The van der Waals surface area contributed by atoms with Gasteiger partial charge in [0.15, 0.2) is 0 Å². The Kier molecular flexibility index (Phi) is 6.13. The molecule has 0 spiro atoms. The Morgan fingerprint density at radius 3 is 2.43 bits per heavy atom. The van der Waals surface area contributed by atoms with E-state index >= 15 is 0 Å². The predicted molar refractivity (Wildman–Crippen MR) is 88.8 cm³/mol. The molecule has 0 radical (unpaired) electrons. The van der Waals surface area contributed by atoms with Crippen molar-refractivity contribution < 1.29 is 4.39 Å². The van der Waals surface area contributed by atoms with E-state index in [1.54, 1.807) is 23.9 Å². The first kappa shape index (κ1) is 15.9. The number of hydrogen-bond donors (Lipinski definition) is 1. The molecule has 21 heavy (non-hydrogen) atoms. The van der Waals surface area contributed by atoms with Gasteiger partial charge in [-0.05, 0) is 35.4 Å². The molecule has 4 heteroatoms. The van der Waals surface area contributed by atoms with Gasteiger partial charge in [0.25, 0.3) is 0 Å². The molecule has 0 aliphatic carbocycles. The average molecular weight is 320 g/mol. The van der Waals surface area contributed by atoms with Crippen molar-refractivity contribution in [3.05, 3.63) is 70.0 Å². The zero-order valence-electron chi connectivity index (χ0n) is 11.4. The second kappa shape index (κ2) is 8.09. The fraction of sp³-hybridized carbons (Fsp3) is 0.176. The van der Waals surface area contributed by atoms with E-state index in [2.05, 4.69) is 11.8 Å². The molecule has 1 nitrogen and oxygen atoms in total. The second-order valence-corrected chi connectivity index (χ2v) is 5.86. The minimum absolute atomic E-state index is 0.231. The van der Waals surface area contributed by atoms with Crippen LogP contribution in [-0.2, 0) is 11.5 Å². The number of hydrogen-bond acceptors (Lipinski definition) is 2. The van der Waals surface area contributed by atoms with Gasteiger partial charge in [-0.3, -0.25) is 0 Å². The smallest absolute Gasteiger partial charge is 0.138 e. The van der Waals surface area contributed by atoms with Crippen LogP contribution in [0.1, 0.15) is 16.7 Å². The third-order valence-electron chi connectivity index (χ3n) is 2.81. The average Bonchev–Trinajstić information content (AvgIpc) is 2.49. The van der Waals surface area contributed by atoms with Gasteiger partial charge in [0.1, 0.15) is 5.82 Å². The third kappa shape index (κ3) is 5.09. The lowest BCUT2D eigenvalue weighted by Gasteiger charge is -2.04. The van der Waals surface area contributed by atoms with Crippen molar-refractivity contribution in [3.8, 4) is 11.8 Å². The number of rotatable bonds is 4. The summed E-state index contributed by atoms with van der Waals surface area (Å²) in [5.41, 5.74) is 7.99. The van der Waals surface area contributed by atoms with Crippen LogP contribution in [0.5, 0.6) is 0 Å². The van der Waals surface area contributed by atoms with Gasteiger partial charge in [-0.2, -0.15) is 11.8 Å². The molecule has 0 aliphatic heterocycles. The highest BCUT2D eigenvalue weighted by atomic mass is 35.5. The van der Waals surface area contributed by atoms with Crippen molar-refractivity contribution in [2.75, 3.05) is 6.54 Å². The summed E-state index contributed by atoms with van der Waals surface area (Å²) in [7, 11) is 0. The van der Waals surface area contributed by atoms with Crippen LogP contribution in [0.25, 0.3) is 0 Å². The summed E-state index contributed by atoms with van der Waals surface area (Å²) in [4.78, 5) is 0. The fourth-order valence-electron chi connectivity index (χ4n) is 1.77. The van der Waals surface area contributed by atoms with Crippen LogP contribution in [0.4, 0.5) is 4.39 Å². The molecule has 108 valence electrons. The molecule has 0 aromatic heterocycles. The van der Waals surface area contributed by atoms with E-state index in [1.165, 1.54) is 11.6 Å². The summed E-state index contributed by atoms with van der Waals surface area (Å²) in [6, 6.07) is 12.8. The van der Waals surface area contributed by atoms with E-state index in [1.807, 2.05) is 24.3 Å². The van der Waals surface area contributed by atoms with Gasteiger partial charge in [0.2, 0.25) is 0 Å². The molecule has 0 heterocycles. The Hall–Kier alpha value is -1.47. The van der Waals surface area contributed by atoms with Crippen LogP contribution in [-0.4, -0.2) is 6.54 Å². The number of benzene rings is 2. The monoisotopic (exact) mass is 319 g/mol. The maximum Gasteiger partial charge on any atom is 0.138 e. The maximum atomic E-state index is 13.6. The van der Waals surface area contributed by atoms with E-state index < -0.39 is 0 Å². The van der Waals surface area contributed by atoms with Crippen LogP contribution in [0.2, 0.25) is 5.02 Å². The molecular formula is C17H15ClFNS. The SMILES string of the molecule is NCC#Cc1cc(CSCc2ccc(Cl)cc2)ccc1F. The molecule has 2 N–H and O–H groups in total. The van der Waals surface area contributed by atoms with Gasteiger partial charge in [-0.15, -0.1) is 0 Å². The first-order chi connectivity index (χ1) is 10.2. The summed E-state index contributed by atoms with van der Waals surface area (Å²) in [5, 5.41) is 0.741. The van der Waals surface area contributed by atoms with Gasteiger partial charge >= 0.3 is 0 Å². The highest BCUT2D eigenvalue weighted by Crippen LogP contribution is 2.20.